The van der Waals surface area contributed by atoms with Crippen molar-refractivity contribution in [3.05, 3.63) is 15.6 Å². The van der Waals surface area contributed by atoms with Crippen LogP contribution < -0.4 is 5.73 Å². The van der Waals surface area contributed by atoms with Gasteiger partial charge in [-0.2, -0.15) is 0 Å². The second kappa shape index (κ2) is 6.93. The summed E-state index contributed by atoms with van der Waals surface area (Å²) in [7, 11) is 0. The van der Waals surface area contributed by atoms with Gasteiger partial charge in [-0.25, -0.2) is 4.98 Å². The fourth-order valence-electron chi connectivity index (χ4n) is 1.39. The van der Waals surface area contributed by atoms with E-state index >= 15 is 0 Å². The van der Waals surface area contributed by atoms with Crippen LogP contribution in [0.15, 0.2) is 0 Å². The van der Waals surface area contributed by atoms with Gasteiger partial charge in [0.1, 0.15) is 5.01 Å². The highest BCUT2D eigenvalue weighted by molar-refractivity contribution is 7.11. The Labute approximate surface area is 95.7 Å². The van der Waals surface area contributed by atoms with Crippen LogP contribution in [-0.4, -0.2) is 11.6 Å². The van der Waals surface area contributed by atoms with E-state index in [0.717, 1.165) is 30.9 Å². The smallest absolute Gasteiger partial charge is 0.119 e. The Morgan fingerprint density at radius 3 is 2.73 bits per heavy atom. The van der Waals surface area contributed by atoms with Crippen molar-refractivity contribution in [3.8, 4) is 0 Å². The topological polar surface area (TPSA) is 48.1 Å². The number of rotatable bonds is 7. The number of thiazole rings is 1. The SMILES string of the molecule is CCCOCc1nc(CCC)c(CN)s1. The van der Waals surface area contributed by atoms with Crippen molar-refractivity contribution in [1.82, 2.24) is 4.98 Å². The van der Waals surface area contributed by atoms with Crippen molar-refractivity contribution in [3.63, 3.8) is 0 Å². The first kappa shape index (κ1) is 12.6. The van der Waals surface area contributed by atoms with Gasteiger partial charge in [-0.15, -0.1) is 11.3 Å². The molecule has 3 nitrogen and oxygen atoms in total. The molecule has 0 spiro atoms. The Morgan fingerprint density at radius 1 is 1.33 bits per heavy atom. The predicted octanol–water partition coefficient (Wildman–Crippen LogP) is 2.48. The summed E-state index contributed by atoms with van der Waals surface area (Å²) in [6, 6.07) is 0. The number of aryl methyl sites for hydroxylation is 1. The van der Waals surface area contributed by atoms with E-state index in [-0.39, 0.29) is 0 Å². The summed E-state index contributed by atoms with van der Waals surface area (Å²) >= 11 is 1.69. The minimum atomic E-state index is 0.598. The van der Waals surface area contributed by atoms with Gasteiger partial charge in [0, 0.05) is 18.0 Å². The summed E-state index contributed by atoms with van der Waals surface area (Å²) in [4.78, 5) is 5.77. The zero-order valence-electron chi connectivity index (χ0n) is 9.58. The molecule has 0 aliphatic rings. The maximum Gasteiger partial charge on any atom is 0.119 e. The Hall–Kier alpha value is -0.450. The van der Waals surface area contributed by atoms with E-state index < -0.39 is 0 Å². The van der Waals surface area contributed by atoms with E-state index in [1.807, 2.05) is 0 Å². The van der Waals surface area contributed by atoms with Crippen LogP contribution in [0.1, 0.15) is 42.3 Å². The first-order valence-electron chi connectivity index (χ1n) is 5.57. The minimum absolute atomic E-state index is 0.598. The van der Waals surface area contributed by atoms with Crippen molar-refractivity contribution in [2.45, 2.75) is 46.3 Å². The lowest BCUT2D eigenvalue weighted by molar-refractivity contribution is 0.121. The summed E-state index contributed by atoms with van der Waals surface area (Å²) in [5, 5.41) is 1.06. The average Bonchev–Trinajstić information content (AvgIpc) is 2.62. The summed E-state index contributed by atoms with van der Waals surface area (Å²) in [6.07, 6.45) is 3.19. The maximum atomic E-state index is 5.68. The van der Waals surface area contributed by atoms with E-state index in [1.165, 1.54) is 10.6 Å². The fourth-order valence-corrected chi connectivity index (χ4v) is 2.33. The normalized spacial score (nSPS) is 10.9. The van der Waals surface area contributed by atoms with Crippen molar-refractivity contribution in [2.24, 2.45) is 5.73 Å². The molecule has 0 aromatic carbocycles. The Balaban J connectivity index is 2.57. The number of hydrogen-bond acceptors (Lipinski definition) is 4. The average molecular weight is 228 g/mol. The molecular weight excluding hydrogens is 208 g/mol. The van der Waals surface area contributed by atoms with Crippen molar-refractivity contribution in [2.75, 3.05) is 6.61 Å². The van der Waals surface area contributed by atoms with Crippen LogP contribution in [0.3, 0.4) is 0 Å². The summed E-state index contributed by atoms with van der Waals surface area (Å²) < 4.78 is 5.47. The second-order valence-corrected chi connectivity index (χ2v) is 4.65. The van der Waals surface area contributed by atoms with E-state index in [1.54, 1.807) is 11.3 Å². The molecular formula is C11H20N2OS. The van der Waals surface area contributed by atoms with Crippen LogP contribution >= 0.6 is 11.3 Å². The monoisotopic (exact) mass is 228 g/mol. The first-order chi connectivity index (χ1) is 7.31. The number of hydrogen-bond donors (Lipinski definition) is 1. The van der Waals surface area contributed by atoms with E-state index in [4.69, 9.17) is 10.5 Å². The van der Waals surface area contributed by atoms with E-state index in [2.05, 4.69) is 18.8 Å². The Morgan fingerprint density at radius 2 is 2.13 bits per heavy atom. The van der Waals surface area contributed by atoms with Crippen LogP contribution in [0.2, 0.25) is 0 Å². The molecule has 0 bridgehead atoms. The number of nitrogens with zero attached hydrogens (tertiary/aromatic N) is 1. The third-order valence-electron chi connectivity index (χ3n) is 2.07. The fraction of sp³-hybridized carbons (Fsp3) is 0.727. The van der Waals surface area contributed by atoms with Gasteiger partial charge in [-0.05, 0) is 12.8 Å². The molecule has 4 heteroatoms. The van der Waals surface area contributed by atoms with Gasteiger partial charge in [0.05, 0.1) is 12.3 Å². The first-order valence-corrected chi connectivity index (χ1v) is 6.38. The largest absolute Gasteiger partial charge is 0.374 e. The van der Waals surface area contributed by atoms with Crippen molar-refractivity contribution < 1.29 is 4.74 Å². The van der Waals surface area contributed by atoms with Crippen LogP contribution in [0.5, 0.6) is 0 Å². The summed E-state index contributed by atoms with van der Waals surface area (Å²) in [6.45, 7) is 6.30. The lowest BCUT2D eigenvalue weighted by Gasteiger charge is -1.97. The molecule has 1 rings (SSSR count). The van der Waals surface area contributed by atoms with Gasteiger partial charge in [-0.1, -0.05) is 20.3 Å². The highest BCUT2D eigenvalue weighted by atomic mass is 32.1. The molecule has 0 fully saturated rings. The number of nitrogens with two attached hydrogens (primary N) is 1. The van der Waals surface area contributed by atoms with Gasteiger partial charge in [0.25, 0.3) is 0 Å². The molecule has 86 valence electrons. The Kier molecular flexibility index (Phi) is 5.83. The molecule has 1 heterocycles. The van der Waals surface area contributed by atoms with Gasteiger partial charge in [-0.3, -0.25) is 0 Å². The van der Waals surface area contributed by atoms with E-state index in [9.17, 15) is 0 Å². The predicted molar refractivity (Wildman–Crippen MR) is 63.9 cm³/mol. The lowest BCUT2D eigenvalue weighted by Crippen LogP contribution is -1.98. The van der Waals surface area contributed by atoms with E-state index in [0.29, 0.717) is 13.2 Å². The molecule has 15 heavy (non-hydrogen) atoms. The lowest BCUT2D eigenvalue weighted by atomic mass is 10.2. The Bertz CT molecular complexity index is 286. The number of aromatic nitrogens is 1. The molecule has 0 unspecified atom stereocenters. The third kappa shape index (κ3) is 3.89. The molecule has 0 aliphatic carbocycles. The highest BCUT2D eigenvalue weighted by Gasteiger charge is 2.08. The van der Waals surface area contributed by atoms with Crippen molar-refractivity contribution >= 4 is 11.3 Å². The quantitative estimate of drug-likeness (QED) is 0.729. The minimum Gasteiger partial charge on any atom is -0.374 e. The zero-order valence-corrected chi connectivity index (χ0v) is 10.4. The summed E-state index contributed by atoms with van der Waals surface area (Å²) in [5.41, 5.74) is 6.85. The highest BCUT2D eigenvalue weighted by Crippen LogP contribution is 2.20. The maximum absolute atomic E-state index is 5.68. The zero-order chi connectivity index (χ0) is 11.1. The van der Waals surface area contributed by atoms with Crippen LogP contribution in [0, 0.1) is 0 Å². The molecule has 0 amide bonds. The molecule has 0 radical (unpaired) electrons. The van der Waals surface area contributed by atoms with Crippen LogP contribution in [0.25, 0.3) is 0 Å². The van der Waals surface area contributed by atoms with Gasteiger partial charge in [0.15, 0.2) is 0 Å². The molecule has 0 aliphatic heterocycles. The van der Waals surface area contributed by atoms with Crippen molar-refractivity contribution in [1.29, 1.82) is 0 Å². The summed E-state index contributed by atoms with van der Waals surface area (Å²) in [5.74, 6) is 0. The van der Waals surface area contributed by atoms with Gasteiger partial charge >= 0.3 is 0 Å². The molecule has 2 N–H and O–H groups in total. The van der Waals surface area contributed by atoms with Gasteiger partial charge in [0.2, 0.25) is 0 Å². The molecule has 0 saturated carbocycles. The second-order valence-electron chi connectivity index (χ2n) is 3.48. The third-order valence-corrected chi connectivity index (χ3v) is 3.16. The standard InChI is InChI=1S/C11H20N2OS/c1-3-5-9-10(7-12)15-11(13-9)8-14-6-4-2/h3-8,12H2,1-2H3. The van der Waals surface area contributed by atoms with Gasteiger partial charge < -0.3 is 10.5 Å². The molecule has 1 aromatic heterocycles. The van der Waals surface area contributed by atoms with Crippen LogP contribution in [-0.2, 0) is 24.3 Å². The molecule has 0 saturated heterocycles. The molecule has 0 atom stereocenters. The number of ether oxygens (including phenoxy) is 1. The molecule has 1 aromatic rings. The van der Waals surface area contributed by atoms with Crippen LogP contribution in [0.4, 0.5) is 0 Å².